The van der Waals surface area contributed by atoms with Crippen molar-refractivity contribution in [2.45, 2.75) is 31.6 Å². The molecule has 0 unspecified atom stereocenters. The molecular weight excluding hydrogens is 324 g/mol. The minimum Gasteiger partial charge on any atom is -0.352 e. The number of nitrogens with zero attached hydrogens (tertiary/aromatic N) is 1. The largest absolute Gasteiger partial charge is 0.352 e. The third-order valence-electron chi connectivity index (χ3n) is 3.77. The average molecular weight is 345 g/mol. The second kappa shape index (κ2) is 6.98. The summed E-state index contributed by atoms with van der Waals surface area (Å²) < 4.78 is 26.4. The zero-order valence-electron chi connectivity index (χ0n) is 12.8. The van der Waals surface area contributed by atoms with Crippen molar-refractivity contribution < 1.29 is 13.2 Å². The Kier molecular flexibility index (Phi) is 5.47. The molecule has 1 N–H and O–H groups in total. The van der Waals surface area contributed by atoms with Gasteiger partial charge in [-0.1, -0.05) is 25.4 Å². The van der Waals surface area contributed by atoms with Crippen LogP contribution in [0.4, 0.5) is 0 Å². The van der Waals surface area contributed by atoms with E-state index in [1.165, 1.54) is 22.5 Å². The highest BCUT2D eigenvalue weighted by Gasteiger charge is 2.25. The Bertz CT molecular complexity index is 653. The van der Waals surface area contributed by atoms with Crippen molar-refractivity contribution in [2.75, 3.05) is 19.6 Å². The van der Waals surface area contributed by atoms with Gasteiger partial charge in [0.25, 0.3) is 5.91 Å². The monoisotopic (exact) mass is 344 g/mol. The third kappa shape index (κ3) is 3.80. The third-order valence-corrected chi connectivity index (χ3v) is 6.15. The number of carbonyl (C=O) groups is 1. The van der Waals surface area contributed by atoms with E-state index in [-0.39, 0.29) is 21.4 Å². The Morgan fingerprint density at radius 1 is 1.32 bits per heavy atom. The van der Waals surface area contributed by atoms with Crippen molar-refractivity contribution in [2.24, 2.45) is 5.92 Å². The first kappa shape index (κ1) is 17.2. The molecule has 1 aliphatic carbocycles. The molecule has 0 heterocycles. The summed E-state index contributed by atoms with van der Waals surface area (Å²) in [6.45, 7) is 4.93. The molecule has 0 aromatic heterocycles. The van der Waals surface area contributed by atoms with Crippen LogP contribution in [0.1, 0.15) is 37.0 Å². The molecule has 0 atom stereocenters. The summed E-state index contributed by atoms with van der Waals surface area (Å²) in [5.41, 5.74) is 0.204. The number of hydrogen-bond donors (Lipinski definition) is 1. The maximum absolute atomic E-state index is 12.5. The first-order valence-electron chi connectivity index (χ1n) is 7.48. The van der Waals surface area contributed by atoms with Gasteiger partial charge in [-0.2, -0.15) is 4.31 Å². The predicted octanol–water partition coefficient (Wildman–Crippen LogP) is 2.51. The molecule has 2 rings (SSSR count). The van der Waals surface area contributed by atoms with E-state index >= 15 is 0 Å². The van der Waals surface area contributed by atoms with Crippen LogP contribution in [0.5, 0.6) is 0 Å². The van der Waals surface area contributed by atoms with Crippen molar-refractivity contribution in [1.29, 1.82) is 0 Å². The summed E-state index contributed by atoms with van der Waals surface area (Å²) in [6, 6.07) is 4.26. The van der Waals surface area contributed by atoms with E-state index in [4.69, 9.17) is 11.6 Å². The molecule has 1 aliphatic rings. The van der Waals surface area contributed by atoms with Crippen LogP contribution in [0.2, 0.25) is 5.02 Å². The maximum atomic E-state index is 12.5. The topological polar surface area (TPSA) is 66.5 Å². The van der Waals surface area contributed by atoms with Gasteiger partial charge in [-0.15, -0.1) is 0 Å². The molecule has 0 aliphatic heterocycles. The minimum atomic E-state index is -3.60. The molecule has 0 radical (unpaired) electrons. The fraction of sp³-hybridized carbons (Fsp3) is 0.533. The minimum absolute atomic E-state index is 0.0946. The lowest BCUT2D eigenvalue weighted by atomic mass is 10.2. The van der Waals surface area contributed by atoms with Crippen molar-refractivity contribution in [3.8, 4) is 0 Å². The molecule has 122 valence electrons. The second-order valence-corrected chi connectivity index (χ2v) is 7.73. The van der Waals surface area contributed by atoms with Crippen molar-refractivity contribution in [3.63, 3.8) is 0 Å². The van der Waals surface area contributed by atoms with Gasteiger partial charge in [0.15, 0.2) is 0 Å². The van der Waals surface area contributed by atoms with E-state index < -0.39 is 10.0 Å². The molecular formula is C15H21ClN2O3S. The van der Waals surface area contributed by atoms with E-state index in [0.29, 0.717) is 25.6 Å². The lowest BCUT2D eigenvalue weighted by Crippen LogP contribution is -2.31. The summed E-state index contributed by atoms with van der Waals surface area (Å²) in [6.07, 6.45) is 2.26. The SMILES string of the molecule is CCN(CC)S(=O)(=O)c1ccc(Cl)c(C(=O)NCC2CC2)c1. The molecule has 0 bridgehead atoms. The highest BCUT2D eigenvalue weighted by Crippen LogP contribution is 2.28. The maximum Gasteiger partial charge on any atom is 0.252 e. The first-order valence-corrected chi connectivity index (χ1v) is 9.29. The number of carbonyl (C=O) groups excluding carboxylic acids is 1. The van der Waals surface area contributed by atoms with Crippen LogP contribution in [-0.4, -0.2) is 38.3 Å². The van der Waals surface area contributed by atoms with Gasteiger partial charge in [0.1, 0.15) is 0 Å². The van der Waals surface area contributed by atoms with Gasteiger partial charge in [-0.05, 0) is 37.0 Å². The van der Waals surface area contributed by atoms with Gasteiger partial charge in [-0.25, -0.2) is 8.42 Å². The van der Waals surface area contributed by atoms with Gasteiger partial charge < -0.3 is 5.32 Å². The van der Waals surface area contributed by atoms with Gasteiger partial charge in [0.2, 0.25) is 10.0 Å². The summed E-state index contributed by atoms with van der Waals surface area (Å²) >= 11 is 6.05. The Balaban J connectivity index is 2.27. The van der Waals surface area contributed by atoms with Crippen molar-refractivity contribution >= 4 is 27.5 Å². The summed E-state index contributed by atoms with van der Waals surface area (Å²) in [4.78, 5) is 12.3. The van der Waals surface area contributed by atoms with Crippen LogP contribution in [0, 0.1) is 5.92 Å². The summed E-state index contributed by atoms with van der Waals surface area (Å²) in [5.74, 6) is 0.221. The zero-order chi connectivity index (χ0) is 16.3. The van der Waals surface area contributed by atoms with E-state index in [9.17, 15) is 13.2 Å². The number of hydrogen-bond acceptors (Lipinski definition) is 3. The lowest BCUT2D eigenvalue weighted by molar-refractivity contribution is 0.0951. The zero-order valence-corrected chi connectivity index (χ0v) is 14.4. The molecule has 0 spiro atoms. The molecule has 1 amide bonds. The Hall–Kier alpha value is -1.11. The Labute approximate surface area is 136 Å². The Morgan fingerprint density at radius 2 is 1.95 bits per heavy atom. The van der Waals surface area contributed by atoms with E-state index in [0.717, 1.165) is 12.8 Å². The van der Waals surface area contributed by atoms with E-state index in [1.807, 2.05) is 0 Å². The number of halogens is 1. The molecule has 22 heavy (non-hydrogen) atoms. The molecule has 1 aromatic carbocycles. The quantitative estimate of drug-likeness (QED) is 0.826. The molecule has 1 aromatic rings. The average Bonchev–Trinajstić information content (AvgIpc) is 3.30. The molecule has 7 heteroatoms. The van der Waals surface area contributed by atoms with Gasteiger partial charge in [-0.3, -0.25) is 4.79 Å². The fourth-order valence-electron chi connectivity index (χ4n) is 2.21. The molecule has 1 saturated carbocycles. The van der Waals surface area contributed by atoms with Crippen LogP contribution in [0.3, 0.4) is 0 Å². The van der Waals surface area contributed by atoms with Crippen LogP contribution >= 0.6 is 11.6 Å². The number of amides is 1. The number of sulfonamides is 1. The Morgan fingerprint density at radius 3 is 2.50 bits per heavy atom. The van der Waals surface area contributed by atoms with Crippen molar-refractivity contribution in [1.82, 2.24) is 9.62 Å². The second-order valence-electron chi connectivity index (χ2n) is 5.38. The van der Waals surface area contributed by atoms with Crippen LogP contribution in [0.25, 0.3) is 0 Å². The number of benzene rings is 1. The highest BCUT2D eigenvalue weighted by molar-refractivity contribution is 7.89. The van der Waals surface area contributed by atoms with Gasteiger partial charge in [0.05, 0.1) is 15.5 Å². The van der Waals surface area contributed by atoms with Crippen molar-refractivity contribution in [3.05, 3.63) is 28.8 Å². The molecule has 5 nitrogen and oxygen atoms in total. The summed E-state index contributed by atoms with van der Waals surface area (Å²) in [5, 5.41) is 3.06. The van der Waals surface area contributed by atoms with E-state index in [2.05, 4.69) is 5.32 Å². The molecule has 0 saturated heterocycles. The first-order chi connectivity index (χ1) is 10.4. The van der Waals surface area contributed by atoms with Crippen LogP contribution in [0.15, 0.2) is 23.1 Å². The number of nitrogens with one attached hydrogen (secondary N) is 1. The van der Waals surface area contributed by atoms with Gasteiger partial charge in [0, 0.05) is 19.6 Å². The van der Waals surface area contributed by atoms with Gasteiger partial charge >= 0.3 is 0 Å². The molecule has 1 fully saturated rings. The normalized spacial score (nSPS) is 15.1. The highest BCUT2D eigenvalue weighted by atomic mass is 35.5. The van der Waals surface area contributed by atoms with Crippen LogP contribution in [-0.2, 0) is 10.0 Å². The fourth-order valence-corrected chi connectivity index (χ4v) is 3.89. The van der Waals surface area contributed by atoms with E-state index in [1.54, 1.807) is 13.8 Å². The number of rotatable bonds is 7. The smallest absolute Gasteiger partial charge is 0.252 e. The summed E-state index contributed by atoms with van der Waals surface area (Å²) in [7, 11) is -3.60. The standard InChI is InChI=1S/C15H21ClN2O3S/c1-3-18(4-2)22(20,21)12-7-8-14(16)13(9-12)15(19)17-10-11-5-6-11/h7-9,11H,3-6,10H2,1-2H3,(H,17,19). The van der Waals surface area contributed by atoms with Crippen LogP contribution < -0.4 is 5.32 Å². The lowest BCUT2D eigenvalue weighted by Gasteiger charge is -2.19. The predicted molar refractivity (Wildman–Crippen MR) is 86.6 cm³/mol.